The van der Waals surface area contributed by atoms with Crippen LogP contribution in [-0.4, -0.2) is 46.9 Å². The van der Waals surface area contributed by atoms with Crippen LogP contribution in [0.4, 0.5) is 0 Å². The molecule has 0 heterocycles. The Morgan fingerprint density at radius 2 is 0.750 bits per heavy atom. The normalized spacial score (nSPS) is 13.4. The van der Waals surface area contributed by atoms with Crippen LogP contribution in [0.1, 0.15) is 310 Å². The van der Waals surface area contributed by atoms with Crippen molar-refractivity contribution >= 4 is 11.9 Å². The molecule has 0 aromatic rings. The van der Waals surface area contributed by atoms with Gasteiger partial charge in [0.25, 0.3) is 0 Å². The van der Waals surface area contributed by atoms with Gasteiger partial charge in [0, 0.05) is 6.42 Å². The van der Waals surface area contributed by atoms with Crippen molar-refractivity contribution in [2.45, 2.75) is 328 Å². The fourth-order valence-corrected chi connectivity index (χ4v) is 9.08. The summed E-state index contributed by atoms with van der Waals surface area (Å²) in [5, 5.41) is 23.9. The van der Waals surface area contributed by atoms with Crippen LogP contribution in [-0.2, 0) is 14.3 Å². The lowest BCUT2D eigenvalue weighted by atomic mass is 10.0. The zero-order valence-electron chi connectivity index (χ0n) is 45.5. The van der Waals surface area contributed by atoms with E-state index in [-0.39, 0.29) is 24.9 Å². The minimum absolute atomic E-state index is 0.0680. The Bertz CT molecular complexity index is 1160. The molecule has 6 nitrogen and oxygen atoms in total. The van der Waals surface area contributed by atoms with Gasteiger partial charge in [-0.1, -0.05) is 256 Å². The molecule has 0 rings (SSSR count). The molecule has 0 fully saturated rings. The summed E-state index contributed by atoms with van der Waals surface area (Å²) in [5.41, 5.74) is 0. The van der Waals surface area contributed by atoms with Gasteiger partial charge in [0.1, 0.15) is 6.10 Å². The van der Waals surface area contributed by atoms with Gasteiger partial charge in [-0.05, 0) is 89.9 Å². The molecule has 6 heteroatoms. The zero-order valence-corrected chi connectivity index (χ0v) is 45.5. The average molecular weight is 955 g/mol. The van der Waals surface area contributed by atoms with Crippen LogP contribution in [0.25, 0.3) is 0 Å². The topological polar surface area (TPSA) is 95.9 Å². The molecule has 3 atom stereocenters. The Labute approximate surface area is 423 Å². The van der Waals surface area contributed by atoms with Crippen molar-refractivity contribution in [2.75, 3.05) is 6.61 Å². The van der Waals surface area contributed by atoms with E-state index in [1.165, 1.54) is 180 Å². The molecule has 398 valence electrons. The van der Waals surface area contributed by atoms with E-state index in [0.29, 0.717) is 19.3 Å². The lowest BCUT2D eigenvalue weighted by molar-refractivity contribution is -0.151. The smallest absolute Gasteiger partial charge is 0.306 e. The molecule has 0 saturated carbocycles. The predicted octanol–water partition coefficient (Wildman–Crippen LogP) is 18.6. The third-order valence-electron chi connectivity index (χ3n) is 13.6. The highest BCUT2D eigenvalue weighted by atomic mass is 16.5. The van der Waals surface area contributed by atoms with Crippen LogP contribution < -0.4 is 5.32 Å². The van der Waals surface area contributed by atoms with Crippen molar-refractivity contribution in [3.05, 3.63) is 48.6 Å². The van der Waals surface area contributed by atoms with Gasteiger partial charge in [0.2, 0.25) is 5.91 Å². The Morgan fingerprint density at radius 1 is 0.426 bits per heavy atom. The van der Waals surface area contributed by atoms with Crippen molar-refractivity contribution in [1.29, 1.82) is 0 Å². The lowest BCUT2D eigenvalue weighted by Crippen LogP contribution is -2.46. The first-order valence-electron chi connectivity index (χ1n) is 29.9. The number of nitrogens with one attached hydrogen (secondary N) is 1. The van der Waals surface area contributed by atoms with Crippen molar-refractivity contribution in [3.8, 4) is 0 Å². The minimum atomic E-state index is -0.793. The highest BCUT2D eigenvalue weighted by molar-refractivity contribution is 5.77. The molecule has 0 aromatic heterocycles. The number of hydrogen-bond donors (Lipinski definition) is 3. The Kier molecular flexibility index (Phi) is 54.0. The summed E-state index contributed by atoms with van der Waals surface area (Å²) in [6.07, 6.45) is 68.9. The molecule has 0 aliphatic carbocycles. The summed E-state index contributed by atoms with van der Waals surface area (Å²) in [6, 6.07) is -0.707. The Morgan fingerprint density at radius 3 is 1.18 bits per heavy atom. The van der Waals surface area contributed by atoms with E-state index < -0.39 is 18.2 Å². The highest BCUT2D eigenvalue weighted by Gasteiger charge is 2.24. The molecule has 0 radical (unpaired) electrons. The first-order valence-corrected chi connectivity index (χ1v) is 29.9. The van der Waals surface area contributed by atoms with E-state index in [1.54, 1.807) is 0 Å². The third-order valence-corrected chi connectivity index (χ3v) is 13.6. The molecule has 0 saturated heterocycles. The molecule has 3 unspecified atom stereocenters. The van der Waals surface area contributed by atoms with E-state index in [2.05, 4.69) is 74.7 Å². The van der Waals surface area contributed by atoms with Crippen LogP contribution in [0, 0.1) is 0 Å². The molecule has 68 heavy (non-hydrogen) atoms. The summed E-state index contributed by atoms with van der Waals surface area (Å²) < 4.78 is 5.96. The predicted molar refractivity (Wildman–Crippen MR) is 296 cm³/mol. The minimum Gasteiger partial charge on any atom is -0.462 e. The molecule has 0 aliphatic heterocycles. The second-order valence-electron chi connectivity index (χ2n) is 20.4. The second-order valence-corrected chi connectivity index (χ2v) is 20.4. The van der Waals surface area contributed by atoms with Crippen molar-refractivity contribution in [1.82, 2.24) is 5.32 Å². The van der Waals surface area contributed by atoms with Gasteiger partial charge in [-0.3, -0.25) is 9.59 Å². The van der Waals surface area contributed by atoms with E-state index in [0.717, 1.165) is 83.5 Å². The number of ether oxygens (including phenoxy) is 1. The zero-order chi connectivity index (χ0) is 49.5. The third kappa shape index (κ3) is 50.2. The van der Waals surface area contributed by atoms with Crippen LogP contribution in [0.15, 0.2) is 48.6 Å². The number of rotatable bonds is 54. The molecule has 0 bridgehead atoms. The summed E-state index contributed by atoms with van der Waals surface area (Å²) >= 11 is 0. The van der Waals surface area contributed by atoms with Gasteiger partial charge in [0.05, 0.1) is 25.2 Å². The maximum absolute atomic E-state index is 13.3. The number of carbonyl (C=O) groups excluding carboxylic acids is 2. The van der Waals surface area contributed by atoms with Gasteiger partial charge < -0.3 is 20.3 Å². The van der Waals surface area contributed by atoms with Crippen LogP contribution >= 0.6 is 0 Å². The van der Waals surface area contributed by atoms with E-state index in [1.807, 2.05) is 0 Å². The van der Waals surface area contributed by atoms with Crippen LogP contribution in [0.5, 0.6) is 0 Å². The van der Waals surface area contributed by atoms with Crippen molar-refractivity contribution < 1.29 is 24.5 Å². The maximum atomic E-state index is 13.3. The molecule has 0 aromatic carbocycles. The van der Waals surface area contributed by atoms with Gasteiger partial charge in [0.15, 0.2) is 0 Å². The quantitative estimate of drug-likeness (QED) is 0.0321. The fraction of sp³-hybridized carbons (Fsp3) is 0.839. The molecule has 3 N–H and O–H groups in total. The number of aliphatic hydroxyl groups is 2. The number of esters is 1. The van der Waals surface area contributed by atoms with Gasteiger partial charge in [-0.25, -0.2) is 0 Å². The fourth-order valence-electron chi connectivity index (χ4n) is 9.08. The molecule has 1 amide bonds. The SMILES string of the molecule is CCCCC/C=C\C/C=C\C/C=C\CCCCCCCCC(=O)OC(CCCCCCC/C=C/CCCCCCCC)CC(=O)NC(CO)C(O)CCCCCCCCCCCCCCCCC. The molecular weight excluding hydrogens is 839 g/mol. The van der Waals surface area contributed by atoms with Gasteiger partial charge in [-0.15, -0.1) is 0 Å². The first kappa shape index (κ1) is 65.8. The Hall–Kier alpha value is -2.18. The number of allylic oxidation sites excluding steroid dienone is 8. The maximum Gasteiger partial charge on any atom is 0.306 e. The van der Waals surface area contributed by atoms with E-state index >= 15 is 0 Å². The molecule has 0 aliphatic rings. The lowest BCUT2D eigenvalue weighted by Gasteiger charge is -2.24. The Balaban J connectivity index is 4.56. The number of amides is 1. The van der Waals surface area contributed by atoms with Crippen LogP contribution in [0.2, 0.25) is 0 Å². The summed E-state index contributed by atoms with van der Waals surface area (Å²) in [5.74, 6) is -0.484. The first-order chi connectivity index (χ1) is 33.5. The molecular formula is C62H115NO5. The van der Waals surface area contributed by atoms with Crippen molar-refractivity contribution in [3.63, 3.8) is 0 Å². The van der Waals surface area contributed by atoms with Gasteiger partial charge >= 0.3 is 5.97 Å². The van der Waals surface area contributed by atoms with Crippen LogP contribution in [0.3, 0.4) is 0 Å². The van der Waals surface area contributed by atoms with Gasteiger partial charge in [-0.2, -0.15) is 0 Å². The summed E-state index contributed by atoms with van der Waals surface area (Å²) in [4.78, 5) is 26.3. The summed E-state index contributed by atoms with van der Waals surface area (Å²) in [6.45, 7) is 6.48. The average Bonchev–Trinajstić information content (AvgIpc) is 3.33. The van der Waals surface area contributed by atoms with E-state index in [9.17, 15) is 19.8 Å². The standard InChI is InChI=1S/C62H115NO5/c1-4-7-10-13-16-19-22-25-28-29-30-31-34-37-40-43-46-49-52-55-62(67)68-58(53-50-47-44-41-38-35-32-26-23-20-17-14-11-8-5-2)56-61(66)63-59(57-64)60(65)54-51-48-45-42-39-36-33-27-24-21-18-15-12-9-6-3/h16,19,25-26,28,30-32,58-60,64-65H,4-15,17-18,20-24,27,29,33-57H2,1-3H3,(H,63,66)/b19-16-,28-25-,31-30-,32-26+. The number of unbranched alkanes of at least 4 members (excludes halogenated alkanes) is 34. The molecule has 0 spiro atoms. The summed E-state index contributed by atoms with van der Waals surface area (Å²) in [7, 11) is 0. The number of hydrogen-bond acceptors (Lipinski definition) is 5. The van der Waals surface area contributed by atoms with E-state index in [4.69, 9.17) is 4.74 Å². The number of aliphatic hydroxyl groups excluding tert-OH is 2. The highest BCUT2D eigenvalue weighted by Crippen LogP contribution is 2.18. The monoisotopic (exact) mass is 954 g/mol. The largest absolute Gasteiger partial charge is 0.462 e. The van der Waals surface area contributed by atoms with Crippen molar-refractivity contribution in [2.24, 2.45) is 0 Å². The second kappa shape index (κ2) is 55.7. The number of carbonyl (C=O) groups is 2.